The number of nitrogens with zero attached hydrogens (tertiary/aromatic N) is 1. The molecule has 0 saturated heterocycles. The number of rotatable bonds is 4. The summed E-state index contributed by atoms with van der Waals surface area (Å²) in [5.74, 6) is 0.881. The Hall–Kier alpha value is -1.02. The molecule has 2 rings (SSSR count). The predicted molar refractivity (Wildman–Crippen MR) is 69.6 cm³/mol. The highest BCUT2D eigenvalue weighted by Gasteiger charge is 2.31. The van der Waals surface area contributed by atoms with Crippen molar-refractivity contribution in [1.29, 1.82) is 0 Å². The Morgan fingerprint density at radius 3 is 2.44 bits per heavy atom. The van der Waals surface area contributed by atoms with Gasteiger partial charge in [-0.05, 0) is 44.2 Å². The van der Waals surface area contributed by atoms with Gasteiger partial charge < -0.3 is 10.6 Å². The van der Waals surface area contributed by atoms with Crippen molar-refractivity contribution in [3.05, 3.63) is 29.8 Å². The molecule has 1 aliphatic carbocycles. The SMILES string of the molecule is CC(C1CC1)N(C)c1ccccc1[C@H](C)N. The van der Waals surface area contributed by atoms with Crippen LogP contribution < -0.4 is 10.6 Å². The summed E-state index contributed by atoms with van der Waals surface area (Å²) in [6, 6.07) is 9.20. The van der Waals surface area contributed by atoms with Crippen molar-refractivity contribution in [2.45, 2.75) is 38.8 Å². The van der Waals surface area contributed by atoms with E-state index in [2.05, 4.69) is 50.1 Å². The van der Waals surface area contributed by atoms with Crippen LogP contribution in [0.4, 0.5) is 5.69 Å². The van der Waals surface area contributed by atoms with E-state index in [-0.39, 0.29) is 6.04 Å². The Bertz CT molecular complexity index is 356. The highest BCUT2D eigenvalue weighted by Crippen LogP contribution is 2.37. The quantitative estimate of drug-likeness (QED) is 0.842. The molecule has 1 aromatic rings. The lowest BCUT2D eigenvalue weighted by molar-refractivity contribution is 0.605. The highest BCUT2D eigenvalue weighted by molar-refractivity contribution is 5.55. The van der Waals surface area contributed by atoms with E-state index in [9.17, 15) is 0 Å². The Balaban J connectivity index is 2.24. The van der Waals surface area contributed by atoms with Crippen LogP contribution in [0.2, 0.25) is 0 Å². The number of para-hydroxylation sites is 1. The molecule has 0 amide bonds. The second-order valence-electron chi connectivity index (χ2n) is 5.04. The van der Waals surface area contributed by atoms with Crippen LogP contribution in [0.15, 0.2) is 24.3 Å². The Kier molecular flexibility index (Phi) is 3.20. The van der Waals surface area contributed by atoms with Crippen molar-refractivity contribution in [1.82, 2.24) is 0 Å². The maximum absolute atomic E-state index is 6.02. The van der Waals surface area contributed by atoms with E-state index in [0.29, 0.717) is 6.04 Å². The van der Waals surface area contributed by atoms with Crippen molar-refractivity contribution >= 4 is 5.69 Å². The monoisotopic (exact) mass is 218 g/mol. The highest BCUT2D eigenvalue weighted by atomic mass is 15.1. The Labute approximate surface area is 98.4 Å². The second kappa shape index (κ2) is 4.46. The lowest BCUT2D eigenvalue weighted by Crippen LogP contribution is -2.31. The fourth-order valence-electron chi connectivity index (χ4n) is 2.31. The van der Waals surface area contributed by atoms with Gasteiger partial charge in [0.2, 0.25) is 0 Å². The first-order valence-corrected chi connectivity index (χ1v) is 6.18. The molecular formula is C14H22N2. The average molecular weight is 218 g/mol. The predicted octanol–water partition coefficient (Wildman–Crippen LogP) is 2.94. The van der Waals surface area contributed by atoms with E-state index in [1.807, 2.05) is 0 Å². The molecule has 1 aliphatic rings. The van der Waals surface area contributed by atoms with E-state index in [4.69, 9.17) is 5.73 Å². The van der Waals surface area contributed by atoms with Gasteiger partial charge in [0.15, 0.2) is 0 Å². The topological polar surface area (TPSA) is 29.3 Å². The molecule has 0 spiro atoms. The van der Waals surface area contributed by atoms with Gasteiger partial charge in [-0.2, -0.15) is 0 Å². The molecule has 16 heavy (non-hydrogen) atoms. The molecule has 1 aromatic carbocycles. The summed E-state index contributed by atoms with van der Waals surface area (Å²) in [5.41, 5.74) is 8.55. The van der Waals surface area contributed by atoms with Crippen LogP contribution in [0.1, 0.15) is 38.3 Å². The zero-order chi connectivity index (χ0) is 11.7. The first-order chi connectivity index (χ1) is 7.61. The van der Waals surface area contributed by atoms with Gasteiger partial charge in [-0.15, -0.1) is 0 Å². The van der Waals surface area contributed by atoms with Crippen molar-refractivity contribution in [2.24, 2.45) is 11.7 Å². The molecule has 1 unspecified atom stereocenters. The fraction of sp³-hybridized carbons (Fsp3) is 0.571. The van der Waals surface area contributed by atoms with Gasteiger partial charge in [0.25, 0.3) is 0 Å². The van der Waals surface area contributed by atoms with Crippen LogP contribution in [0, 0.1) is 5.92 Å². The number of nitrogens with two attached hydrogens (primary N) is 1. The van der Waals surface area contributed by atoms with Crippen molar-refractivity contribution in [3.63, 3.8) is 0 Å². The van der Waals surface area contributed by atoms with Crippen LogP contribution in [0.3, 0.4) is 0 Å². The summed E-state index contributed by atoms with van der Waals surface area (Å²) in [5, 5.41) is 0. The third-order valence-electron chi connectivity index (χ3n) is 3.72. The van der Waals surface area contributed by atoms with E-state index >= 15 is 0 Å². The molecule has 0 radical (unpaired) electrons. The van der Waals surface area contributed by atoms with Crippen molar-refractivity contribution in [2.75, 3.05) is 11.9 Å². The molecule has 0 aromatic heterocycles. The van der Waals surface area contributed by atoms with Gasteiger partial charge in [0, 0.05) is 24.8 Å². The lowest BCUT2D eigenvalue weighted by atomic mass is 10.0. The minimum absolute atomic E-state index is 0.102. The molecule has 88 valence electrons. The van der Waals surface area contributed by atoms with E-state index in [0.717, 1.165) is 5.92 Å². The van der Waals surface area contributed by atoms with Gasteiger partial charge in [0.05, 0.1) is 0 Å². The summed E-state index contributed by atoms with van der Waals surface area (Å²) in [4.78, 5) is 2.39. The molecular weight excluding hydrogens is 196 g/mol. The number of hydrogen-bond acceptors (Lipinski definition) is 2. The molecule has 0 aliphatic heterocycles. The molecule has 0 heterocycles. The van der Waals surface area contributed by atoms with E-state index in [1.165, 1.54) is 24.1 Å². The number of benzene rings is 1. The van der Waals surface area contributed by atoms with Crippen molar-refractivity contribution < 1.29 is 0 Å². The second-order valence-corrected chi connectivity index (χ2v) is 5.04. The maximum atomic E-state index is 6.02. The molecule has 0 bridgehead atoms. The minimum Gasteiger partial charge on any atom is -0.371 e. The summed E-state index contributed by atoms with van der Waals surface area (Å²) < 4.78 is 0. The molecule has 2 heteroatoms. The van der Waals surface area contributed by atoms with Gasteiger partial charge >= 0.3 is 0 Å². The minimum atomic E-state index is 0.102. The number of hydrogen-bond donors (Lipinski definition) is 1. The first-order valence-electron chi connectivity index (χ1n) is 6.18. The van der Waals surface area contributed by atoms with Crippen LogP contribution in [-0.2, 0) is 0 Å². The van der Waals surface area contributed by atoms with Crippen LogP contribution in [-0.4, -0.2) is 13.1 Å². The normalized spacial score (nSPS) is 19.2. The zero-order valence-electron chi connectivity index (χ0n) is 10.5. The van der Waals surface area contributed by atoms with Gasteiger partial charge in [-0.3, -0.25) is 0 Å². The largest absolute Gasteiger partial charge is 0.371 e. The molecule has 2 nitrogen and oxygen atoms in total. The zero-order valence-corrected chi connectivity index (χ0v) is 10.5. The summed E-state index contributed by atoms with van der Waals surface area (Å²) >= 11 is 0. The number of anilines is 1. The summed E-state index contributed by atoms with van der Waals surface area (Å²) in [6.07, 6.45) is 2.76. The first kappa shape index (κ1) is 11.5. The molecule has 2 N–H and O–H groups in total. The Morgan fingerprint density at radius 1 is 1.25 bits per heavy atom. The summed E-state index contributed by atoms with van der Waals surface area (Å²) in [6.45, 7) is 4.37. The van der Waals surface area contributed by atoms with Crippen LogP contribution in [0.25, 0.3) is 0 Å². The molecule has 1 fully saturated rings. The van der Waals surface area contributed by atoms with Gasteiger partial charge in [0.1, 0.15) is 0 Å². The van der Waals surface area contributed by atoms with E-state index < -0.39 is 0 Å². The third-order valence-corrected chi connectivity index (χ3v) is 3.72. The summed E-state index contributed by atoms with van der Waals surface area (Å²) in [7, 11) is 2.18. The lowest BCUT2D eigenvalue weighted by Gasteiger charge is -2.30. The van der Waals surface area contributed by atoms with Crippen LogP contribution >= 0.6 is 0 Å². The maximum Gasteiger partial charge on any atom is 0.0414 e. The van der Waals surface area contributed by atoms with Gasteiger partial charge in [-0.1, -0.05) is 18.2 Å². The third kappa shape index (κ3) is 2.22. The molecule has 2 atom stereocenters. The standard InChI is InChI=1S/C14H22N2/c1-10(15)13-6-4-5-7-14(13)16(3)11(2)12-8-9-12/h4-7,10-12H,8-9,15H2,1-3H3/t10-,11?/m0/s1. The Morgan fingerprint density at radius 2 is 1.88 bits per heavy atom. The smallest absolute Gasteiger partial charge is 0.0414 e. The van der Waals surface area contributed by atoms with Crippen LogP contribution in [0.5, 0.6) is 0 Å². The van der Waals surface area contributed by atoms with Crippen molar-refractivity contribution in [3.8, 4) is 0 Å². The molecule has 1 saturated carbocycles. The fourth-order valence-corrected chi connectivity index (χ4v) is 2.31. The van der Waals surface area contributed by atoms with E-state index in [1.54, 1.807) is 0 Å². The average Bonchev–Trinajstić information content (AvgIpc) is 3.11. The van der Waals surface area contributed by atoms with Gasteiger partial charge in [-0.25, -0.2) is 0 Å².